The zero-order chi connectivity index (χ0) is 38.1. The second-order valence-electron chi connectivity index (χ2n) is 16.5. The molecule has 2 saturated carbocycles. The van der Waals surface area contributed by atoms with Crippen LogP contribution in [-0.4, -0.2) is 93.0 Å². The van der Waals surface area contributed by atoms with Crippen LogP contribution >= 0.6 is 0 Å². The number of rotatable bonds is 10. The van der Waals surface area contributed by atoms with Crippen LogP contribution in [0.5, 0.6) is 0 Å². The van der Waals surface area contributed by atoms with Gasteiger partial charge in [-0.05, 0) is 125 Å². The molecule has 0 bridgehead atoms. The number of carbonyl (C=O) groups is 3. The number of benzene rings is 2. The number of β-amino-alcohol motifs (C(OH)–C–C–N with tert-alkyl or cyclic N) is 1. The van der Waals surface area contributed by atoms with Crippen LogP contribution in [0.25, 0.3) is 11.3 Å². The van der Waals surface area contributed by atoms with Crippen molar-refractivity contribution in [2.75, 3.05) is 43.4 Å². The van der Waals surface area contributed by atoms with Crippen LogP contribution in [0.15, 0.2) is 48.7 Å². The van der Waals surface area contributed by atoms with Crippen LogP contribution in [-0.2, 0) is 14.4 Å². The molecule has 3 aliphatic heterocycles. The number of aliphatic hydroxyl groups is 1. The summed E-state index contributed by atoms with van der Waals surface area (Å²) >= 11 is 0. The maximum Gasteiger partial charge on any atom is 0.249 e. The van der Waals surface area contributed by atoms with Crippen molar-refractivity contribution in [2.24, 2.45) is 5.92 Å². The fourth-order valence-electron chi connectivity index (χ4n) is 9.02. The number of nitrogens with one attached hydrogen (secondary N) is 3. The molecular weight excluding hydrogens is 705 g/mol. The molecule has 4 heterocycles. The van der Waals surface area contributed by atoms with Gasteiger partial charge in [0.05, 0.1) is 11.8 Å². The number of amides is 3. The largest absolute Gasteiger partial charge is 0.388 e. The van der Waals surface area contributed by atoms with Gasteiger partial charge in [-0.25, -0.2) is 18.7 Å². The molecule has 11 nitrogen and oxygen atoms in total. The normalized spacial score (nSPS) is 25.0. The van der Waals surface area contributed by atoms with Gasteiger partial charge in [0.25, 0.3) is 0 Å². The van der Waals surface area contributed by atoms with Crippen molar-refractivity contribution in [3.8, 4) is 11.3 Å². The molecule has 0 spiro atoms. The highest BCUT2D eigenvalue weighted by atomic mass is 19.1. The first-order valence-electron chi connectivity index (χ1n) is 20.1. The van der Waals surface area contributed by atoms with Gasteiger partial charge in [0.2, 0.25) is 23.7 Å². The van der Waals surface area contributed by atoms with E-state index in [1.54, 1.807) is 12.1 Å². The second-order valence-corrected chi connectivity index (χ2v) is 16.5. The SMILES string of the molecule is O=C1CCC(Nc2ccc(C3CCN(CC4(O)CCN(C(=O)[C@H]5CC[C@H](Nc6ncc(F)c(-c7cccc(C8CC8)c7)n6)CC5)CC4)CC3)c(F)c2)C(=O)N1. The molecule has 3 amide bonds. The quantitative estimate of drug-likeness (QED) is 0.192. The molecule has 1 aromatic heterocycles. The summed E-state index contributed by atoms with van der Waals surface area (Å²) in [7, 11) is 0. The molecule has 3 aromatic rings. The maximum atomic E-state index is 15.2. The predicted octanol–water partition coefficient (Wildman–Crippen LogP) is 5.72. The summed E-state index contributed by atoms with van der Waals surface area (Å²) in [5.74, 6) is -0.278. The zero-order valence-electron chi connectivity index (χ0n) is 31.2. The van der Waals surface area contributed by atoms with Crippen molar-refractivity contribution in [1.82, 2.24) is 25.1 Å². The Labute approximate surface area is 320 Å². The molecule has 2 aromatic carbocycles. The summed E-state index contributed by atoms with van der Waals surface area (Å²) in [4.78, 5) is 50.0. The zero-order valence-corrected chi connectivity index (χ0v) is 31.2. The van der Waals surface area contributed by atoms with Crippen molar-refractivity contribution in [2.45, 2.75) is 107 Å². The van der Waals surface area contributed by atoms with Crippen LogP contribution in [0.3, 0.4) is 0 Å². The van der Waals surface area contributed by atoms with Crippen LogP contribution in [0, 0.1) is 17.6 Å². The van der Waals surface area contributed by atoms with E-state index < -0.39 is 23.4 Å². The molecule has 5 fully saturated rings. The van der Waals surface area contributed by atoms with Gasteiger partial charge in [0.1, 0.15) is 17.6 Å². The van der Waals surface area contributed by atoms with E-state index in [0.29, 0.717) is 67.7 Å². The first kappa shape index (κ1) is 37.4. The van der Waals surface area contributed by atoms with Crippen molar-refractivity contribution in [1.29, 1.82) is 0 Å². The van der Waals surface area contributed by atoms with Crippen LogP contribution < -0.4 is 16.0 Å². The predicted molar refractivity (Wildman–Crippen MR) is 204 cm³/mol. The highest BCUT2D eigenvalue weighted by Gasteiger charge is 2.39. The Morgan fingerprint density at radius 1 is 0.873 bits per heavy atom. The molecule has 0 radical (unpaired) electrons. The van der Waals surface area contributed by atoms with Gasteiger partial charge in [0.15, 0.2) is 5.82 Å². The number of piperidine rings is 3. The Hall–Kier alpha value is -4.49. The summed E-state index contributed by atoms with van der Waals surface area (Å²) in [6.07, 6.45) is 9.92. The van der Waals surface area contributed by atoms with Crippen molar-refractivity contribution in [3.05, 3.63) is 71.4 Å². The molecule has 4 N–H and O–H groups in total. The highest BCUT2D eigenvalue weighted by molar-refractivity contribution is 6.01. The van der Waals surface area contributed by atoms with Gasteiger partial charge >= 0.3 is 0 Å². The number of hydrogen-bond donors (Lipinski definition) is 4. The van der Waals surface area contributed by atoms with Gasteiger partial charge in [-0.3, -0.25) is 19.7 Å². The first-order valence-corrected chi connectivity index (χ1v) is 20.1. The van der Waals surface area contributed by atoms with Gasteiger partial charge in [-0.2, -0.15) is 0 Å². The third-order valence-corrected chi connectivity index (χ3v) is 12.5. The van der Waals surface area contributed by atoms with Gasteiger partial charge in [-0.1, -0.05) is 24.3 Å². The summed E-state index contributed by atoms with van der Waals surface area (Å²) in [5, 5.41) is 20.3. The van der Waals surface area contributed by atoms with E-state index in [4.69, 9.17) is 0 Å². The molecule has 2 aliphatic carbocycles. The Bertz CT molecular complexity index is 1900. The average molecular weight is 756 g/mol. The fourth-order valence-corrected chi connectivity index (χ4v) is 9.02. The van der Waals surface area contributed by atoms with Crippen LogP contribution in [0.4, 0.5) is 20.4 Å². The fraction of sp³-hybridized carbons (Fsp3) is 0.548. The Morgan fingerprint density at radius 2 is 1.64 bits per heavy atom. The minimum absolute atomic E-state index is 0.0548. The van der Waals surface area contributed by atoms with E-state index in [2.05, 4.69) is 36.9 Å². The lowest BCUT2D eigenvalue weighted by atomic mass is 9.83. The summed E-state index contributed by atoms with van der Waals surface area (Å²) in [6.45, 7) is 3.10. The van der Waals surface area contributed by atoms with Crippen molar-refractivity contribution in [3.63, 3.8) is 0 Å². The molecule has 292 valence electrons. The highest BCUT2D eigenvalue weighted by Crippen LogP contribution is 2.41. The minimum atomic E-state index is -0.868. The van der Waals surface area contributed by atoms with Gasteiger partial charge in [0, 0.05) is 49.3 Å². The number of likely N-dealkylation sites (tertiary alicyclic amines) is 2. The third-order valence-electron chi connectivity index (χ3n) is 12.5. The Morgan fingerprint density at radius 3 is 2.35 bits per heavy atom. The topological polar surface area (TPSA) is 140 Å². The molecule has 5 aliphatic rings. The maximum absolute atomic E-state index is 15.2. The van der Waals surface area contributed by atoms with Crippen LogP contribution in [0.2, 0.25) is 0 Å². The lowest BCUT2D eigenvalue weighted by molar-refractivity contribution is -0.141. The minimum Gasteiger partial charge on any atom is -0.388 e. The molecule has 13 heteroatoms. The van der Waals surface area contributed by atoms with E-state index in [-0.39, 0.29) is 41.9 Å². The number of aromatic nitrogens is 2. The number of nitrogens with zero attached hydrogens (tertiary/aromatic N) is 4. The van der Waals surface area contributed by atoms with E-state index >= 15 is 4.39 Å². The lowest BCUT2D eigenvalue weighted by Crippen LogP contribution is -2.54. The third kappa shape index (κ3) is 8.83. The van der Waals surface area contributed by atoms with Crippen molar-refractivity contribution >= 4 is 29.4 Å². The molecule has 55 heavy (non-hydrogen) atoms. The smallest absolute Gasteiger partial charge is 0.249 e. The summed E-state index contributed by atoms with van der Waals surface area (Å²) in [6, 6.07) is 12.5. The Balaban J connectivity index is 0.765. The van der Waals surface area contributed by atoms with E-state index in [1.807, 2.05) is 23.1 Å². The van der Waals surface area contributed by atoms with E-state index in [0.717, 1.165) is 57.2 Å². The van der Waals surface area contributed by atoms with Gasteiger partial charge in [-0.15, -0.1) is 0 Å². The summed E-state index contributed by atoms with van der Waals surface area (Å²) < 4.78 is 30.0. The van der Waals surface area contributed by atoms with Crippen LogP contribution in [0.1, 0.15) is 100 Å². The number of halogens is 2. The number of imide groups is 1. The Kier molecular flexibility index (Phi) is 10.8. The summed E-state index contributed by atoms with van der Waals surface area (Å²) in [5.41, 5.74) is 2.60. The number of anilines is 2. The standard InChI is InChI=1S/C42H51F2N7O4/c43-34-23-32(46-36-12-13-37(52)48-39(36)53)10-11-33(34)27-14-18-50(19-15-27)25-42(55)16-20-51(21-17-42)40(54)28-6-8-31(9-7-28)47-41-45-24-35(44)38(49-41)30-3-1-2-29(22-30)26-4-5-26/h1-3,10-11,22-24,26-28,31,36,46,55H,4-9,12-21,25H2,(H,45,47,49)(H,48,52,53)/t28-,31-,36?. The molecule has 1 unspecified atom stereocenters. The van der Waals surface area contributed by atoms with Crippen molar-refractivity contribution < 1.29 is 28.3 Å². The monoisotopic (exact) mass is 755 g/mol. The van der Waals surface area contributed by atoms with Gasteiger partial charge < -0.3 is 25.5 Å². The van der Waals surface area contributed by atoms with E-state index in [1.165, 1.54) is 30.7 Å². The van der Waals surface area contributed by atoms with E-state index in [9.17, 15) is 23.9 Å². The number of carbonyl (C=O) groups excluding carboxylic acids is 3. The number of hydrogen-bond acceptors (Lipinski definition) is 9. The average Bonchev–Trinajstić information content (AvgIpc) is 4.04. The lowest BCUT2D eigenvalue weighted by Gasteiger charge is -2.43. The first-order chi connectivity index (χ1) is 26.6. The molecule has 8 rings (SSSR count). The molecule has 1 atom stereocenters. The second kappa shape index (κ2) is 15.9. The molecular formula is C42H51F2N7O4. The molecule has 3 saturated heterocycles.